The molecule has 0 amide bonds. The summed E-state index contributed by atoms with van der Waals surface area (Å²) in [5.74, 6) is 0. The van der Waals surface area contributed by atoms with Gasteiger partial charge >= 0.3 is 10.4 Å². The van der Waals surface area contributed by atoms with E-state index in [1.165, 1.54) is 89.9 Å². The van der Waals surface area contributed by atoms with Crippen LogP contribution in [0.2, 0.25) is 0 Å². The highest BCUT2D eigenvalue weighted by atomic mass is 28.2. The van der Waals surface area contributed by atoms with Gasteiger partial charge in [-0.25, -0.2) is 10.4 Å². The zero-order chi connectivity index (χ0) is 22.2. The molecular weight excluding hydrogens is 380 g/mol. The van der Waals surface area contributed by atoms with Gasteiger partial charge in [-0.05, 0) is 20.3 Å². The third-order valence-corrected chi connectivity index (χ3v) is 6.94. The van der Waals surface area contributed by atoms with Crippen molar-refractivity contribution in [2.75, 3.05) is 0 Å². The monoisotopic (exact) mass is 433 g/mol. The summed E-state index contributed by atoms with van der Waals surface area (Å²) in [4.78, 5) is 0. The molecule has 6 heteroatoms. The lowest BCUT2D eigenvalue weighted by atomic mass is 9.90. The van der Waals surface area contributed by atoms with Crippen LogP contribution in [0.3, 0.4) is 0 Å². The molecule has 0 aliphatic heterocycles. The summed E-state index contributed by atoms with van der Waals surface area (Å²) in [6.07, 6.45) is 21.7. The number of nitrogens with two attached hydrogens (primary N) is 1. The fourth-order valence-electron chi connectivity index (χ4n) is 4.18. The molecule has 0 aromatic rings. The van der Waals surface area contributed by atoms with Gasteiger partial charge in [-0.2, -0.15) is 0 Å². The molecule has 29 heavy (non-hydrogen) atoms. The predicted molar refractivity (Wildman–Crippen MR) is 126 cm³/mol. The van der Waals surface area contributed by atoms with Gasteiger partial charge in [0.25, 0.3) is 0 Å². The van der Waals surface area contributed by atoms with Crippen molar-refractivity contribution >= 4 is 10.4 Å². The van der Waals surface area contributed by atoms with Crippen LogP contribution in [0, 0.1) is 0 Å². The van der Waals surface area contributed by atoms with E-state index in [-0.39, 0.29) is 16.8 Å². The van der Waals surface area contributed by atoms with Gasteiger partial charge in [0.05, 0.1) is 5.60 Å². The molecule has 0 aromatic heterocycles. The van der Waals surface area contributed by atoms with E-state index in [4.69, 9.17) is 5.73 Å². The van der Waals surface area contributed by atoms with Crippen LogP contribution in [0.1, 0.15) is 136 Å². The van der Waals surface area contributed by atoms with Gasteiger partial charge in [-0.15, -0.1) is 0 Å². The van der Waals surface area contributed by atoms with E-state index in [2.05, 4.69) is 6.92 Å². The van der Waals surface area contributed by atoms with Crippen LogP contribution in [0.15, 0.2) is 0 Å². The van der Waals surface area contributed by atoms with Crippen molar-refractivity contribution in [1.29, 1.82) is 0 Å². The van der Waals surface area contributed by atoms with Crippen molar-refractivity contribution < 1.29 is 20.0 Å². The van der Waals surface area contributed by atoms with E-state index in [1.807, 2.05) is 0 Å². The highest BCUT2D eigenvalue weighted by Crippen LogP contribution is 2.29. The molecular formula is C23H53N2O3Si+. The quantitative estimate of drug-likeness (QED) is 0.0904. The normalized spacial score (nSPS) is 15.0. The third kappa shape index (κ3) is 16.4. The summed E-state index contributed by atoms with van der Waals surface area (Å²) in [7, 11) is 0.113. The van der Waals surface area contributed by atoms with Gasteiger partial charge in [0.2, 0.25) is 0 Å². The Balaban J connectivity index is 3.60. The standard InChI is InChI=1S/C23H53N2O3Si/c1-4-5-6-7-8-9-10-11-12-13-14-15-16-17-18-19-20-23(24,25(27,28)29)21-22(2,3)26/h26-28H,4-21,24H2,1-3,29H3/q+1. The lowest BCUT2D eigenvalue weighted by Crippen LogP contribution is -2.67. The van der Waals surface area contributed by atoms with Crippen LogP contribution in [0.4, 0.5) is 0 Å². The van der Waals surface area contributed by atoms with E-state index in [1.54, 1.807) is 13.8 Å². The molecule has 5 N–H and O–H groups in total. The SMILES string of the molecule is CCCCCCCCCCCCCCCCCCC(N)(CC(C)(C)O)[N+](O)(O)[SiH3]. The summed E-state index contributed by atoms with van der Waals surface area (Å²) in [5.41, 5.74) is 4.08. The fraction of sp³-hybridized carbons (Fsp3) is 1.00. The Morgan fingerprint density at radius 2 is 1.00 bits per heavy atom. The zero-order valence-corrected chi connectivity index (χ0v) is 22.1. The summed E-state index contributed by atoms with van der Waals surface area (Å²) in [6, 6.07) is 0. The maximum Gasteiger partial charge on any atom is 0.310 e. The average Bonchev–Trinajstić information content (AvgIpc) is 2.59. The second-order valence-electron chi connectivity index (χ2n) is 10.1. The molecule has 1 atom stereocenters. The van der Waals surface area contributed by atoms with Gasteiger partial charge in [0.1, 0.15) is 0 Å². The lowest BCUT2D eigenvalue weighted by Gasteiger charge is -2.40. The van der Waals surface area contributed by atoms with Gasteiger partial charge < -0.3 is 5.11 Å². The smallest absolute Gasteiger partial charge is 0.310 e. The summed E-state index contributed by atoms with van der Waals surface area (Å²) >= 11 is 0. The average molecular weight is 434 g/mol. The molecule has 1 unspecified atom stereocenters. The van der Waals surface area contributed by atoms with Crippen LogP contribution in [-0.2, 0) is 0 Å². The highest BCUT2D eigenvalue weighted by Gasteiger charge is 2.46. The molecule has 0 bridgehead atoms. The summed E-state index contributed by atoms with van der Waals surface area (Å²) in [6.45, 7) is 5.60. The van der Waals surface area contributed by atoms with Gasteiger partial charge in [0, 0.05) is 12.8 Å². The van der Waals surface area contributed by atoms with Crippen molar-refractivity contribution in [3.8, 4) is 0 Å². The van der Waals surface area contributed by atoms with Crippen LogP contribution in [0.25, 0.3) is 0 Å². The van der Waals surface area contributed by atoms with Crippen molar-refractivity contribution in [3.05, 3.63) is 0 Å². The van der Waals surface area contributed by atoms with Gasteiger partial charge in [-0.3, -0.25) is 5.73 Å². The number of hydrogen-bond donors (Lipinski definition) is 4. The highest BCUT2D eigenvalue weighted by molar-refractivity contribution is 5.96. The fourth-order valence-corrected chi connectivity index (χ4v) is 4.56. The number of hydrogen-bond acceptors (Lipinski definition) is 4. The second-order valence-corrected chi connectivity index (χ2v) is 11.3. The Bertz CT molecular complexity index is 383. The molecule has 0 heterocycles. The topological polar surface area (TPSA) is 86.7 Å². The Kier molecular flexibility index (Phi) is 15.8. The molecule has 0 rings (SSSR count). The molecule has 0 fully saturated rings. The van der Waals surface area contributed by atoms with Gasteiger partial charge in [-0.1, -0.05) is 108 Å². The number of rotatable bonds is 20. The number of aliphatic hydroxyl groups is 1. The second kappa shape index (κ2) is 15.8. The van der Waals surface area contributed by atoms with Crippen molar-refractivity contribution in [2.24, 2.45) is 5.73 Å². The molecule has 0 saturated carbocycles. The van der Waals surface area contributed by atoms with E-state index in [0.29, 0.717) is 6.42 Å². The molecule has 0 aliphatic carbocycles. The first-order valence-electron chi connectivity index (χ1n) is 12.4. The lowest BCUT2D eigenvalue weighted by molar-refractivity contribution is -1.20. The minimum Gasteiger partial charge on any atom is -0.390 e. The Morgan fingerprint density at radius 3 is 1.28 bits per heavy atom. The third-order valence-electron chi connectivity index (χ3n) is 6.05. The molecule has 0 saturated heterocycles. The molecule has 0 aromatic carbocycles. The van der Waals surface area contributed by atoms with Crippen LogP contribution >= 0.6 is 0 Å². The maximum absolute atomic E-state index is 10.1. The zero-order valence-electron chi connectivity index (χ0n) is 20.1. The first-order valence-corrected chi connectivity index (χ1v) is 13.2. The minimum atomic E-state index is -1.18. The van der Waals surface area contributed by atoms with Crippen molar-refractivity contribution in [3.63, 3.8) is 0 Å². The van der Waals surface area contributed by atoms with Crippen LogP contribution in [0.5, 0.6) is 0 Å². The first-order chi connectivity index (χ1) is 13.5. The number of quaternary nitrogens is 1. The first kappa shape index (κ1) is 29.0. The Labute approximate surface area is 184 Å². The van der Waals surface area contributed by atoms with Crippen LogP contribution in [-0.4, -0.2) is 41.7 Å². The van der Waals surface area contributed by atoms with Gasteiger partial charge in [0.15, 0.2) is 5.66 Å². The molecule has 0 spiro atoms. The predicted octanol–water partition coefficient (Wildman–Crippen LogP) is 5.33. The van der Waals surface area contributed by atoms with Crippen molar-refractivity contribution in [2.45, 2.75) is 148 Å². The Morgan fingerprint density at radius 1 is 0.690 bits per heavy atom. The maximum atomic E-state index is 10.1. The summed E-state index contributed by atoms with van der Waals surface area (Å²) in [5, 5.41) is 30.1. The summed E-state index contributed by atoms with van der Waals surface area (Å²) < 4.78 is -1.16. The van der Waals surface area contributed by atoms with E-state index >= 15 is 0 Å². The number of nitrogens with zero attached hydrogens (tertiary/aromatic N) is 1. The van der Waals surface area contributed by atoms with E-state index in [0.717, 1.165) is 12.8 Å². The Hall–Kier alpha value is 0.0169. The molecule has 5 nitrogen and oxygen atoms in total. The molecule has 0 aliphatic rings. The van der Waals surface area contributed by atoms with Crippen molar-refractivity contribution in [1.82, 2.24) is 0 Å². The molecule has 176 valence electrons. The largest absolute Gasteiger partial charge is 0.390 e. The number of unbranched alkanes of at least 4 members (excludes halogenated alkanes) is 15. The van der Waals surface area contributed by atoms with E-state index in [9.17, 15) is 15.5 Å². The molecule has 0 radical (unpaired) electrons. The van der Waals surface area contributed by atoms with Crippen LogP contribution < -0.4 is 5.73 Å². The number of hydroxylamine groups is 2. The van der Waals surface area contributed by atoms with E-state index < -0.39 is 15.7 Å². The minimum absolute atomic E-state index is 0.113.